The zero-order valence-corrected chi connectivity index (χ0v) is 12.2. The van der Waals surface area contributed by atoms with Crippen LogP contribution in [-0.2, 0) is 0 Å². The molecule has 2 heterocycles. The van der Waals surface area contributed by atoms with Crippen LogP contribution in [0.5, 0.6) is 0 Å². The molecule has 3 aromatic rings. The number of aryl methyl sites for hydroxylation is 4. The zero-order chi connectivity index (χ0) is 14.3. The number of hydrogen-bond donors (Lipinski definition) is 2. The highest BCUT2D eigenvalue weighted by Gasteiger charge is 2.09. The van der Waals surface area contributed by atoms with Crippen molar-refractivity contribution in [2.45, 2.75) is 27.7 Å². The Kier molecular flexibility index (Phi) is 2.93. The molecule has 0 aliphatic heterocycles. The summed E-state index contributed by atoms with van der Waals surface area (Å²) in [5.41, 5.74) is 5.49. The van der Waals surface area contributed by atoms with Gasteiger partial charge in [0.1, 0.15) is 17.3 Å². The van der Waals surface area contributed by atoms with E-state index in [9.17, 15) is 0 Å². The Balaban J connectivity index is 2.09. The van der Waals surface area contributed by atoms with Crippen molar-refractivity contribution in [1.29, 1.82) is 0 Å². The molecular formula is C16H18N4. The van der Waals surface area contributed by atoms with Crippen molar-refractivity contribution in [3.05, 3.63) is 46.9 Å². The maximum absolute atomic E-state index is 4.53. The average molecular weight is 266 g/mol. The minimum atomic E-state index is 0.756. The van der Waals surface area contributed by atoms with Gasteiger partial charge < -0.3 is 10.3 Å². The number of H-pyrrole nitrogens is 1. The second-order valence-corrected chi connectivity index (χ2v) is 5.34. The lowest BCUT2D eigenvalue weighted by atomic mass is 10.1. The van der Waals surface area contributed by atoms with Crippen LogP contribution in [-0.4, -0.2) is 15.0 Å². The summed E-state index contributed by atoms with van der Waals surface area (Å²) in [6.45, 7) is 8.12. The van der Waals surface area contributed by atoms with Crippen molar-refractivity contribution in [3.63, 3.8) is 0 Å². The van der Waals surface area contributed by atoms with Crippen molar-refractivity contribution < 1.29 is 0 Å². The first-order chi connectivity index (χ1) is 9.51. The first-order valence-corrected chi connectivity index (χ1v) is 6.70. The van der Waals surface area contributed by atoms with Gasteiger partial charge in [-0.05, 0) is 57.0 Å². The van der Waals surface area contributed by atoms with Gasteiger partial charge in [-0.25, -0.2) is 9.97 Å². The lowest BCUT2D eigenvalue weighted by Gasteiger charge is -2.09. The Morgan fingerprint density at radius 1 is 0.900 bits per heavy atom. The van der Waals surface area contributed by atoms with Gasteiger partial charge in [-0.15, -0.1) is 0 Å². The molecule has 2 N–H and O–H groups in total. The van der Waals surface area contributed by atoms with Crippen molar-refractivity contribution >= 4 is 22.5 Å². The van der Waals surface area contributed by atoms with Crippen LogP contribution in [0.4, 0.5) is 11.5 Å². The molecule has 0 aliphatic rings. The fraction of sp³-hybridized carbons (Fsp3) is 0.250. The quantitative estimate of drug-likeness (QED) is 0.738. The van der Waals surface area contributed by atoms with Crippen LogP contribution in [0.25, 0.3) is 11.0 Å². The van der Waals surface area contributed by atoms with Gasteiger partial charge in [0.05, 0.1) is 5.39 Å². The first-order valence-electron chi connectivity index (χ1n) is 6.70. The van der Waals surface area contributed by atoms with E-state index in [1.54, 1.807) is 0 Å². The van der Waals surface area contributed by atoms with E-state index in [0.717, 1.165) is 34.1 Å². The van der Waals surface area contributed by atoms with Gasteiger partial charge in [0, 0.05) is 11.4 Å². The first kappa shape index (κ1) is 12.7. The van der Waals surface area contributed by atoms with E-state index in [1.165, 1.54) is 11.1 Å². The molecule has 4 heteroatoms. The van der Waals surface area contributed by atoms with E-state index in [4.69, 9.17) is 0 Å². The van der Waals surface area contributed by atoms with Gasteiger partial charge in [0.15, 0.2) is 0 Å². The van der Waals surface area contributed by atoms with Crippen molar-refractivity contribution in [2.24, 2.45) is 0 Å². The van der Waals surface area contributed by atoms with Gasteiger partial charge >= 0.3 is 0 Å². The molecule has 0 saturated heterocycles. The molecule has 0 fully saturated rings. The van der Waals surface area contributed by atoms with Gasteiger partial charge in [-0.2, -0.15) is 0 Å². The lowest BCUT2D eigenvalue weighted by molar-refractivity contribution is 1.08. The fourth-order valence-electron chi connectivity index (χ4n) is 2.53. The third kappa shape index (κ3) is 2.37. The van der Waals surface area contributed by atoms with Crippen LogP contribution in [0.15, 0.2) is 24.3 Å². The van der Waals surface area contributed by atoms with E-state index in [1.807, 2.05) is 13.8 Å². The summed E-state index contributed by atoms with van der Waals surface area (Å²) >= 11 is 0. The monoisotopic (exact) mass is 266 g/mol. The van der Waals surface area contributed by atoms with Crippen molar-refractivity contribution in [3.8, 4) is 0 Å². The van der Waals surface area contributed by atoms with Crippen molar-refractivity contribution in [1.82, 2.24) is 15.0 Å². The Bertz CT molecular complexity index is 766. The molecule has 0 amide bonds. The normalized spacial score (nSPS) is 11.0. The van der Waals surface area contributed by atoms with Gasteiger partial charge in [-0.1, -0.05) is 6.07 Å². The Morgan fingerprint density at radius 3 is 2.30 bits per heavy atom. The standard InChI is InChI=1S/C16H18N4/c1-9-5-10(2)7-13(6-9)20-16-14-8-11(3)17-15(14)18-12(4)19-16/h5-8H,1-4H3,(H2,17,18,19,20). The summed E-state index contributed by atoms with van der Waals surface area (Å²) in [7, 11) is 0. The lowest BCUT2D eigenvalue weighted by Crippen LogP contribution is -1.98. The fourth-order valence-corrected chi connectivity index (χ4v) is 2.53. The van der Waals surface area contributed by atoms with Crippen LogP contribution < -0.4 is 5.32 Å². The van der Waals surface area contributed by atoms with E-state index in [2.05, 4.69) is 58.4 Å². The van der Waals surface area contributed by atoms with Gasteiger partial charge in [-0.3, -0.25) is 0 Å². The predicted octanol–water partition coefficient (Wildman–Crippen LogP) is 3.94. The van der Waals surface area contributed by atoms with Crippen LogP contribution in [0.1, 0.15) is 22.6 Å². The molecule has 0 unspecified atom stereocenters. The molecule has 0 atom stereocenters. The summed E-state index contributed by atoms with van der Waals surface area (Å²) in [6, 6.07) is 8.47. The van der Waals surface area contributed by atoms with E-state index >= 15 is 0 Å². The van der Waals surface area contributed by atoms with E-state index < -0.39 is 0 Å². The maximum Gasteiger partial charge on any atom is 0.143 e. The summed E-state index contributed by atoms with van der Waals surface area (Å²) in [5, 5.41) is 4.43. The smallest absolute Gasteiger partial charge is 0.143 e. The van der Waals surface area contributed by atoms with Gasteiger partial charge in [0.2, 0.25) is 0 Å². The summed E-state index contributed by atoms with van der Waals surface area (Å²) in [4.78, 5) is 12.2. The zero-order valence-electron chi connectivity index (χ0n) is 12.2. The highest BCUT2D eigenvalue weighted by molar-refractivity contribution is 5.89. The minimum Gasteiger partial charge on any atom is -0.343 e. The van der Waals surface area contributed by atoms with Crippen molar-refractivity contribution in [2.75, 3.05) is 5.32 Å². The highest BCUT2D eigenvalue weighted by atomic mass is 15.1. The molecule has 0 aliphatic carbocycles. The number of aromatic nitrogens is 3. The van der Waals surface area contributed by atoms with Gasteiger partial charge in [0.25, 0.3) is 0 Å². The maximum atomic E-state index is 4.53. The Hall–Kier alpha value is -2.36. The number of fused-ring (bicyclic) bond motifs is 1. The molecule has 4 nitrogen and oxygen atoms in total. The molecule has 3 rings (SSSR count). The van der Waals surface area contributed by atoms with E-state index in [-0.39, 0.29) is 0 Å². The number of hydrogen-bond acceptors (Lipinski definition) is 3. The Morgan fingerprint density at radius 2 is 1.60 bits per heavy atom. The molecule has 2 aromatic heterocycles. The summed E-state index contributed by atoms with van der Waals surface area (Å²) in [5.74, 6) is 1.60. The highest BCUT2D eigenvalue weighted by Crippen LogP contribution is 2.25. The SMILES string of the molecule is Cc1cc(C)cc(Nc2nc(C)nc3[nH]c(C)cc23)c1. The number of nitrogens with zero attached hydrogens (tertiary/aromatic N) is 2. The third-order valence-electron chi connectivity index (χ3n) is 3.22. The van der Waals surface area contributed by atoms with Crippen LogP contribution in [0.2, 0.25) is 0 Å². The summed E-state index contributed by atoms with van der Waals surface area (Å²) < 4.78 is 0. The third-order valence-corrected chi connectivity index (χ3v) is 3.22. The molecule has 0 spiro atoms. The van der Waals surface area contributed by atoms with E-state index in [0.29, 0.717) is 0 Å². The number of nitrogens with one attached hydrogen (secondary N) is 2. The molecule has 102 valence electrons. The minimum absolute atomic E-state index is 0.756. The molecule has 0 bridgehead atoms. The Labute approximate surface area is 118 Å². The second-order valence-electron chi connectivity index (χ2n) is 5.34. The second kappa shape index (κ2) is 4.63. The van der Waals surface area contributed by atoms with Crippen LogP contribution in [0, 0.1) is 27.7 Å². The number of anilines is 2. The molecule has 0 saturated carbocycles. The molecule has 20 heavy (non-hydrogen) atoms. The summed E-state index contributed by atoms with van der Waals surface area (Å²) in [6.07, 6.45) is 0. The predicted molar refractivity (Wildman–Crippen MR) is 82.6 cm³/mol. The number of benzene rings is 1. The topological polar surface area (TPSA) is 53.6 Å². The molecule has 1 aromatic carbocycles. The number of aromatic amines is 1. The molecule has 0 radical (unpaired) electrons. The largest absolute Gasteiger partial charge is 0.343 e. The average Bonchev–Trinajstić information content (AvgIpc) is 2.68. The van der Waals surface area contributed by atoms with Crippen LogP contribution in [0.3, 0.4) is 0 Å². The van der Waals surface area contributed by atoms with Crippen LogP contribution >= 0.6 is 0 Å². The number of rotatable bonds is 2. The molecular weight excluding hydrogens is 248 g/mol.